The van der Waals surface area contributed by atoms with E-state index in [1.807, 2.05) is 32.0 Å². The standard InChI is InChI=1S/C13H19NO2/c1-9(2)15-13-8-11(6-7-12(13)14)16-10-4-3-5-10/h6-10H,3-5,14H2,1-2H3. The molecule has 0 aromatic heterocycles. The summed E-state index contributed by atoms with van der Waals surface area (Å²) < 4.78 is 11.4. The van der Waals surface area contributed by atoms with Gasteiger partial charge in [0.15, 0.2) is 0 Å². The number of ether oxygens (including phenoxy) is 2. The summed E-state index contributed by atoms with van der Waals surface area (Å²) >= 11 is 0. The van der Waals surface area contributed by atoms with E-state index in [2.05, 4.69) is 0 Å². The van der Waals surface area contributed by atoms with Crippen LogP contribution in [0.25, 0.3) is 0 Å². The highest BCUT2D eigenvalue weighted by atomic mass is 16.5. The van der Waals surface area contributed by atoms with E-state index in [1.165, 1.54) is 6.42 Å². The Kier molecular flexibility index (Phi) is 3.22. The van der Waals surface area contributed by atoms with Gasteiger partial charge in [-0.05, 0) is 45.2 Å². The molecule has 1 saturated carbocycles. The van der Waals surface area contributed by atoms with Crippen molar-refractivity contribution in [3.05, 3.63) is 18.2 Å². The molecule has 0 unspecified atom stereocenters. The van der Waals surface area contributed by atoms with E-state index in [0.717, 1.165) is 18.6 Å². The Morgan fingerprint density at radius 2 is 2.06 bits per heavy atom. The Hall–Kier alpha value is -1.38. The van der Waals surface area contributed by atoms with Gasteiger partial charge in [0, 0.05) is 6.07 Å². The molecule has 0 bridgehead atoms. The molecule has 1 aliphatic rings. The fourth-order valence-electron chi connectivity index (χ4n) is 1.63. The van der Waals surface area contributed by atoms with Crippen molar-refractivity contribution in [1.82, 2.24) is 0 Å². The minimum atomic E-state index is 0.126. The number of hydrogen-bond acceptors (Lipinski definition) is 3. The summed E-state index contributed by atoms with van der Waals surface area (Å²) in [6.07, 6.45) is 4.10. The van der Waals surface area contributed by atoms with Crippen LogP contribution in [0.3, 0.4) is 0 Å². The minimum absolute atomic E-state index is 0.126. The second-order valence-corrected chi connectivity index (χ2v) is 4.54. The third-order valence-corrected chi connectivity index (χ3v) is 2.70. The van der Waals surface area contributed by atoms with Gasteiger partial charge in [0.25, 0.3) is 0 Å². The molecule has 88 valence electrons. The monoisotopic (exact) mass is 221 g/mol. The van der Waals surface area contributed by atoms with Crippen molar-refractivity contribution in [2.75, 3.05) is 5.73 Å². The largest absolute Gasteiger partial charge is 0.490 e. The molecule has 2 rings (SSSR count). The number of nitrogens with two attached hydrogens (primary N) is 1. The van der Waals surface area contributed by atoms with E-state index in [4.69, 9.17) is 15.2 Å². The smallest absolute Gasteiger partial charge is 0.146 e. The molecule has 2 N–H and O–H groups in total. The normalized spacial score (nSPS) is 15.9. The van der Waals surface area contributed by atoms with E-state index in [-0.39, 0.29) is 6.10 Å². The third kappa shape index (κ3) is 2.60. The highest BCUT2D eigenvalue weighted by Crippen LogP contribution is 2.31. The first-order valence-electron chi connectivity index (χ1n) is 5.88. The van der Waals surface area contributed by atoms with Crippen LogP contribution >= 0.6 is 0 Å². The summed E-state index contributed by atoms with van der Waals surface area (Å²) in [7, 11) is 0. The van der Waals surface area contributed by atoms with Gasteiger partial charge in [0.05, 0.1) is 17.9 Å². The highest BCUT2D eigenvalue weighted by Gasteiger charge is 2.19. The number of nitrogen functional groups attached to an aromatic ring is 1. The third-order valence-electron chi connectivity index (χ3n) is 2.70. The number of hydrogen-bond donors (Lipinski definition) is 1. The first kappa shape index (κ1) is 11.1. The Bertz CT molecular complexity index is 359. The summed E-state index contributed by atoms with van der Waals surface area (Å²) in [5.41, 5.74) is 6.50. The van der Waals surface area contributed by atoms with Crippen LogP contribution in [0.15, 0.2) is 18.2 Å². The maximum absolute atomic E-state index is 5.83. The number of anilines is 1. The van der Waals surface area contributed by atoms with Crippen molar-refractivity contribution in [1.29, 1.82) is 0 Å². The molecule has 1 aromatic carbocycles. The maximum Gasteiger partial charge on any atom is 0.146 e. The molecule has 0 aliphatic heterocycles. The van der Waals surface area contributed by atoms with Crippen molar-refractivity contribution in [2.45, 2.75) is 45.3 Å². The van der Waals surface area contributed by atoms with Crippen molar-refractivity contribution in [2.24, 2.45) is 0 Å². The average molecular weight is 221 g/mol. The van der Waals surface area contributed by atoms with Gasteiger partial charge in [-0.2, -0.15) is 0 Å². The molecule has 0 atom stereocenters. The van der Waals surface area contributed by atoms with Crippen molar-refractivity contribution < 1.29 is 9.47 Å². The van der Waals surface area contributed by atoms with Gasteiger partial charge in [0.2, 0.25) is 0 Å². The summed E-state index contributed by atoms with van der Waals surface area (Å²) in [6, 6.07) is 5.63. The van der Waals surface area contributed by atoms with Crippen molar-refractivity contribution >= 4 is 5.69 Å². The van der Waals surface area contributed by atoms with Gasteiger partial charge < -0.3 is 15.2 Å². The van der Waals surface area contributed by atoms with Crippen molar-refractivity contribution in [3.63, 3.8) is 0 Å². The van der Waals surface area contributed by atoms with E-state index >= 15 is 0 Å². The zero-order chi connectivity index (χ0) is 11.5. The van der Waals surface area contributed by atoms with Crippen LogP contribution in [-0.2, 0) is 0 Å². The van der Waals surface area contributed by atoms with Crippen LogP contribution in [-0.4, -0.2) is 12.2 Å². The predicted molar refractivity (Wildman–Crippen MR) is 64.9 cm³/mol. The molecular formula is C13H19NO2. The molecule has 1 fully saturated rings. The average Bonchev–Trinajstić information content (AvgIpc) is 2.15. The van der Waals surface area contributed by atoms with Gasteiger partial charge in [-0.25, -0.2) is 0 Å². The predicted octanol–water partition coefficient (Wildman–Crippen LogP) is 2.99. The first-order chi connectivity index (χ1) is 7.65. The fraction of sp³-hybridized carbons (Fsp3) is 0.538. The molecule has 16 heavy (non-hydrogen) atoms. The molecule has 0 amide bonds. The Labute approximate surface area is 96.5 Å². The molecule has 0 heterocycles. The van der Waals surface area contributed by atoms with Gasteiger partial charge in [-0.15, -0.1) is 0 Å². The molecule has 1 aliphatic carbocycles. The molecule has 3 heteroatoms. The van der Waals surface area contributed by atoms with Crippen LogP contribution < -0.4 is 15.2 Å². The molecule has 3 nitrogen and oxygen atoms in total. The maximum atomic E-state index is 5.83. The van der Waals surface area contributed by atoms with Crippen molar-refractivity contribution in [3.8, 4) is 11.5 Å². The Morgan fingerprint density at radius 1 is 1.31 bits per heavy atom. The SMILES string of the molecule is CC(C)Oc1cc(OC2CCC2)ccc1N. The molecule has 1 aromatic rings. The zero-order valence-corrected chi connectivity index (χ0v) is 9.90. The topological polar surface area (TPSA) is 44.5 Å². The van der Waals surface area contributed by atoms with E-state index in [1.54, 1.807) is 0 Å². The minimum Gasteiger partial charge on any atom is -0.490 e. The second kappa shape index (κ2) is 4.64. The van der Waals surface area contributed by atoms with Gasteiger partial charge in [0.1, 0.15) is 11.5 Å². The summed E-state index contributed by atoms with van der Waals surface area (Å²) in [5, 5.41) is 0. The summed E-state index contributed by atoms with van der Waals surface area (Å²) in [4.78, 5) is 0. The van der Waals surface area contributed by atoms with E-state index < -0.39 is 0 Å². The lowest BCUT2D eigenvalue weighted by molar-refractivity contribution is 0.119. The first-order valence-corrected chi connectivity index (χ1v) is 5.88. The number of benzene rings is 1. The van der Waals surface area contributed by atoms with Gasteiger partial charge >= 0.3 is 0 Å². The quantitative estimate of drug-likeness (QED) is 0.795. The molecule has 0 radical (unpaired) electrons. The molecule has 0 spiro atoms. The lowest BCUT2D eigenvalue weighted by Crippen LogP contribution is -2.24. The molecule has 0 saturated heterocycles. The Morgan fingerprint density at radius 3 is 2.62 bits per heavy atom. The van der Waals surface area contributed by atoms with Crippen LogP contribution in [0.1, 0.15) is 33.1 Å². The lowest BCUT2D eigenvalue weighted by atomic mass is 9.96. The van der Waals surface area contributed by atoms with Gasteiger partial charge in [-0.1, -0.05) is 0 Å². The second-order valence-electron chi connectivity index (χ2n) is 4.54. The molecular weight excluding hydrogens is 202 g/mol. The highest BCUT2D eigenvalue weighted by molar-refractivity contribution is 5.55. The van der Waals surface area contributed by atoms with Gasteiger partial charge in [-0.3, -0.25) is 0 Å². The lowest BCUT2D eigenvalue weighted by Gasteiger charge is -2.26. The van der Waals surface area contributed by atoms with Crippen LogP contribution in [0.4, 0.5) is 5.69 Å². The van der Waals surface area contributed by atoms with Crippen LogP contribution in [0, 0.1) is 0 Å². The summed E-state index contributed by atoms with van der Waals surface area (Å²) in [5.74, 6) is 1.57. The van der Waals surface area contributed by atoms with E-state index in [0.29, 0.717) is 17.5 Å². The van der Waals surface area contributed by atoms with Crippen LogP contribution in [0.2, 0.25) is 0 Å². The number of rotatable bonds is 4. The Balaban J connectivity index is 2.07. The zero-order valence-electron chi connectivity index (χ0n) is 9.90. The fourth-order valence-corrected chi connectivity index (χ4v) is 1.63. The summed E-state index contributed by atoms with van der Waals surface area (Å²) in [6.45, 7) is 3.97. The van der Waals surface area contributed by atoms with E-state index in [9.17, 15) is 0 Å². The van der Waals surface area contributed by atoms with Crippen LogP contribution in [0.5, 0.6) is 11.5 Å².